The number of hydrogen-bond acceptors (Lipinski definition) is 7. The molecule has 2 aliphatic heterocycles. The van der Waals surface area contributed by atoms with Crippen molar-refractivity contribution in [1.29, 1.82) is 0 Å². The molecule has 1 atom stereocenters. The van der Waals surface area contributed by atoms with Gasteiger partial charge in [-0.2, -0.15) is 0 Å². The molecule has 31 heavy (non-hydrogen) atoms. The number of nitrogens with one attached hydrogen (secondary N) is 1. The summed E-state index contributed by atoms with van der Waals surface area (Å²) >= 11 is 0. The van der Waals surface area contributed by atoms with Crippen LogP contribution in [0.4, 0.5) is 5.82 Å². The molecule has 2 aromatic rings. The van der Waals surface area contributed by atoms with E-state index in [1.807, 2.05) is 18.0 Å². The minimum atomic E-state index is -0.180. The highest BCUT2D eigenvalue weighted by molar-refractivity contribution is 6.00. The number of amides is 1. The fraction of sp³-hybridized carbons (Fsp3) is 0.522. The second kappa shape index (κ2) is 9.09. The summed E-state index contributed by atoms with van der Waals surface area (Å²) in [6.45, 7) is 2.44. The van der Waals surface area contributed by atoms with Crippen molar-refractivity contribution in [2.45, 2.75) is 38.3 Å². The number of hydrogen-bond donors (Lipinski definition) is 1. The molecule has 2 aliphatic rings. The van der Waals surface area contributed by atoms with Crippen LogP contribution < -0.4 is 14.8 Å². The average molecular weight is 426 g/mol. The highest BCUT2D eigenvalue weighted by Gasteiger charge is 2.34. The first-order valence-corrected chi connectivity index (χ1v) is 10.8. The molecule has 0 radical (unpaired) electrons. The second-order valence-electron chi connectivity index (χ2n) is 8.14. The Labute approximate surface area is 183 Å². The van der Waals surface area contributed by atoms with Gasteiger partial charge in [0.05, 0.1) is 26.0 Å². The Kier molecular flexibility index (Phi) is 6.27. The highest BCUT2D eigenvalue weighted by atomic mass is 16.5. The predicted octanol–water partition coefficient (Wildman–Crippen LogP) is 2.89. The number of methoxy groups -OCH3 is 2. The molecule has 1 saturated heterocycles. The van der Waals surface area contributed by atoms with Gasteiger partial charge < -0.3 is 24.6 Å². The van der Waals surface area contributed by atoms with Crippen LogP contribution in [0.25, 0.3) is 0 Å². The Morgan fingerprint density at radius 2 is 1.87 bits per heavy atom. The molecule has 3 heterocycles. The number of anilines is 1. The summed E-state index contributed by atoms with van der Waals surface area (Å²) < 4.78 is 11.0. The largest absolute Gasteiger partial charge is 0.496 e. The number of likely N-dealkylation sites (N-methyl/N-ethyl adjacent to an activating group) is 1. The number of nitrogens with zero attached hydrogens (tertiary/aromatic N) is 4. The normalized spacial score (nSPS) is 19.0. The topological polar surface area (TPSA) is 79.8 Å². The molecule has 8 nitrogen and oxygen atoms in total. The van der Waals surface area contributed by atoms with Crippen LogP contribution in [-0.4, -0.2) is 67.1 Å². The fourth-order valence-corrected chi connectivity index (χ4v) is 4.58. The third-order valence-electron chi connectivity index (χ3n) is 6.21. The lowest BCUT2D eigenvalue weighted by molar-refractivity contribution is 0.0592. The lowest BCUT2D eigenvalue weighted by Crippen LogP contribution is -2.40. The standard InChI is InChI=1S/C23H31N5O3/c1-24-21-15-11-13-27(2)14-16(15)25-22(26-21)17-8-5-6-12-28(17)23(29)20-18(30-3)9-7-10-19(20)31-4/h7,9-10,17H,5-6,8,11-14H2,1-4H3,(H,24,25,26)/t17-/m1/s1. The zero-order valence-electron chi connectivity index (χ0n) is 18.8. The third-order valence-corrected chi connectivity index (χ3v) is 6.21. The molecular weight excluding hydrogens is 394 g/mol. The first kappa shape index (κ1) is 21.4. The molecule has 4 rings (SSSR count). The van der Waals surface area contributed by atoms with Crippen LogP contribution in [0.2, 0.25) is 0 Å². The van der Waals surface area contributed by atoms with Crippen molar-refractivity contribution >= 4 is 11.7 Å². The van der Waals surface area contributed by atoms with E-state index in [1.165, 1.54) is 5.56 Å². The monoisotopic (exact) mass is 425 g/mol. The van der Waals surface area contributed by atoms with Crippen molar-refractivity contribution in [3.05, 3.63) is 40.8 Å². The molecule has 1 aromatic heterocycles. The van der Waals surface area contributed by atoms with Gasteiger partial charge in [0.15, 0.2) is 5.82 Å². The van der Waals surface area contributed by atoms with E-state index in [0.717, 1.165) is 50.3 Å². The number of fused-ring (bicyclic) bond motifs is 1. The van der Waals surface area contributed by atoms with E-state index in [1.54, 1.807) is 26.4 Å². The van der Waals surface area contributed by atoms with Crippen molar-refractivity contribution in [3.63, 3.8) is 0 Å². The van der Waals surface area contributed by atoms with Gasteiger partial charge in [-0.15, -0.1) is 0 Å². The van der Waals surface area contributed by atoms with Crippen molar-refractivity contribution < 1.29 is 14.3 Å². The van der Waals surface area contributed by atoms with Gasteiger partial charge in [0, 0.05) is 32.2 Å². The quantitative estimate of drug-likeness (QED) is 0.789. The molecule has 8 heteroatoms. The van der Waals surface area contributed by atoms with E-state index in [4.69, 9.17) is 19.4 Å². The van der Waals surface area contributed by atoms with Gasteiger partial charge in [-0.25, -0.2) is 9.97 Å². The number of carbonyl (C=O) groups excluding carboxylic acids is 1. The average Bonchev–Trinajstić information content (AvgIpc) is 2.81. The molecule has 0 spiro atoms. The van der Waals surface area contributed by atoms with Crippen molar-refractivity contribution in [3.8, 4) is 11.5 Å². The molecule has 0 bridgehead atoms. The zero-order valence-corrected chi connectivity index (χ0v) is 18.8. The molecule has 166 valence electrons. The smallest absolute Gasteiger partial charge is 0.262 e. The van der Waals surface area contributed by atoms with Crippen LogP contribution in [0.1, 0.15) is 52.7 Å². The van der Waals surface area contributed by atoms with Crippen molar-refractivity contribution in [2.75, 3.05) is 46.7 Å². The molecule has 0 saturated carbocycles. The van der Waals surface area contributed by atoms with E-state index in [2.05, 4.69) is 17.3 Å². The number of likely N-dealkylation sites (tertiary alicyclic amines) is 1. The lowest BCUT2D eigenvalue weighted by atomic mass is 9.98. The Bertz CT molecular complexity index is 942. The van der Waals surface area contributed by atoms with Crippen LogP contribution in [0, 0.1) is 0 Å². The van der Waals surface area contributed by atoms with E-state index in [9.17, 15) is 4.79 Å². The Hall–Kier alpha value is -2.87. The number of ether oxygens (including phenoxy) is 2. The lowest BCUT2D eigenvalue weighted by Gasteiger charge is -2.36. The van der Waals surface area contributed by atoms with Gasteiger partial charge in [-0.1, -0.05) is 6.07 Å². The maximum atomic E-state index is 13.7. The minimum absolute atomic E-state index is 0.108. The van der Waals surface area contributed by atoms with E-state index in [-0.39, 0.29) is 11.9 Å². The van der Waals surface area contributed by atoms with Gasteiger partial charge in [0.2, 0.25) is 0 Å². The van der Waals surface area contributed by atoms with E-state index in [0.29, 0.717) is 29.4 Å². The van der Waals surface area contributed by atoms with Gasteiger partial charge >= 0.3 is 0 Å². The van der Waals surface area contributed by atoms with Gasteiger partial charge in [-0.05, 0) is 44.9 Å². The first-order chi connectivity index (χ1) is 15.1. The number of rotatable bonds is 5. The van der Waals surface area contributed by atoms with Crippen LogP contribution in [0.3, 0.4) is 0 Å². The summed E-state index contributed by atoms with van der Waals surface area (Å²) in [5, 5.41) is 3.25. The molecule has 1 aromatic carbocycles. The molecule has 0 aliphatic carbocycles. The highest BCUT2D eigenvalue weighted by Crippen LogP contribution is 2.36. The Balaban J connectivity index is 1.74. The maximum Gasteiger partial charge on any atom is 0.262 e. The SMILES string of the molecule is CNc1nc([C@H]2CCCCN2C(=O)c2c(OC)cccc2OC)nc2c1CCN(C)C2. The van der Waals surface area contributed by atoms with Crippen LogP contribution >= 0.6 is 0 Å². The first-order valence-electron chi connectivity index (χ1n) is 10.8. The van der Waals surface area contributed by atoms with Gasteiger partial charge in [-0.3, -0.25) is 4.79 Å². The van der Waals surface area contributed by atoms with Crippen molar-refractivity contribution in [2.24, 2.45) is 0 Å². The van der Waals surface area contributed by atoms with Crippen LogP contribution in [0.5, 0.6) is 11.5 Å². The molecule has 1 N–H and O–H groups in total. The number of carbonyl (C=O) groups is 1. The second-order valence-corrected chi connectivity index (χ2v) is 8.14. The Morgan fingerprint density at radius 3 is 2.55 bits per heavy atom. The summed E-state index contributed by atoms with van der Waals surface area (Å²) in [4.78, 5) is 27.7. The fourth-order valence-electron chi connectivity index (χ4n) is 4.58. The molecule has 1 fully saturated rings. The summed E-state index contributed by atoms with van der Waals surface area (Å²) in [6, 6.07) is 5.23. The molecule has 1 amide bonds. The molecular formula is C23H31N5O3. The summed E-state index contributed by atoms with van der Waals surface area (Å²) in [6.07, 6.45) is 3.74. The van der Waals surface area contributed by atoms with E-state index >= 15 is 0 Å². The van der Waals surface area contributed by atoms with Crippen LogP contribution in [0.15, 0.2) is 18.2 Å². The zero-order chi connectivity index (χ0) is 22.0. The van der Waals surface area contributed by atoms with Crippen LogP contribution in [-0.2, 0) is 13.0 Å². The number of aromatic nitrogens is 2. The summed E-state index contributed by atoms with van der Waals surface area (Å²) in [5.41, 5.74) is 2.69. The minimum Gasteiger partial charge on any atom is -0.496 e. The summed E-state index contributed by atoms with van der Waals surface area (Å²) in [7, 11) is 7.14. The van der Waals surface area contributed by atoms with E-state index < -0.39 is 0 Å². The predicted molar refractivity (Wildman–Crippen MR) is 119 cm³/mol. The summed E-state index contributed by atoms with van der Waals surface area (Å²) in [5.74, 6) is 2.50. The van der Waals surface area contributed by atoms with Gasteiger partial charge in [0.1, 0.15) is 22.9 Å². The number of piperidine rings is 1. The Morgan fingerprint density at radius 1 is 1.13 bits per heavy atom. The van der Waals surface area contributed by atoms with Gasteiger partial charge in [0.25, 0.3) is 5.91 Å². The third kappa shape index (κ3) is 4.04. The molecule has 0 unspecified atom stereocenters. The van der Waals surface area contributed by atoms with Crippen molar-refractivity contribution in [1.82, 2.24) is 19.8 Å². The maximum absolute atomic E-state index is 13.7. The number of benzene rings is 1.